The minimum atomic E-state index is 0.722. The van der Waals surface area contributed by atoms with Crippen molar-refractivity contribution in [3.8, 4) is 0 Å². The van der Waals surface area contributed by atoms with E-state index >= 15 is 0 Å². The van der Waals surface area contributed by atoms with Crippen LogP contribution in [0.4, 0.5) is 0 Å². The van der Waals surface area contributed by atoms with Gasteiger partial charge in [-0.15, -0.1) is 0 Å². The maximum absolute atomic E-state index is 5.56. The molecule has 1 rings (SSSR count). The number of hydrogen-bond donors (Lipinski definition) is 2. The van der Waals surface area contributed by atoms with Crippen LogP contribution in [0.25, 0.3) is 0 Å². The Bertz CT molecular complexity index is 272. The third-order valence-electron chi connectivity index (χ3n) is 4.68. The monoisotopic (exact) mass is 400 g/mol. The highest BCUT2D eigenvalue weighted by Crippen LogP contribution is 2.17. The number of allylic oxidation sites excluding steroid dienone is 1. The van der Waals surface area contributed by atoms with Gasteiger partial charge >= 0.3 is 0 Å². The molecule has 1 saturated heterocycles. The average Bonchev–Trinajstić information content (AvgIpc) is 2.69. The second-order valence-electron chi connectivity index (χ2n) is 7.62. The lowest BCUT2D eigenvalue weighted by molar-refractivity contribution is 0.389. The van der Waals surface area contributed by atoms with Crippen molar-refractivity contribution in [3.05, 3.63) is 11.8 Å². The summed E-state index contributed by atoms with van der Waals surface area (Å²) in [5.41, 5.74) is 7.01. The van der Waals surface area contributed by atoms with E-state index in [1.807, 2.05) is 33.9 Å². The first-order valence-corrected chi connectivity index (χ1v) is 12.6. The van der Waals surface area contributed by atoms with Crippen molar-refractivity contribution in [1.82, 2.24) is 5.32 Å². The van der Waals surface area contributed by atoms with Gasteiger partial charge in [0.25, 0.3) is 0 Å². The first-order valence-electron chi connectivity index (χ1n) is 12.6. The van der Waals surface area contributed by atoms with E-state index in [0.29, 0.717) is 0 Å². The molecule has 0 aliphatic carbocycles. The fourth-order valence-corrected chi connectivity index (χ4v) is 2.76. The van der Waals surface area contributed by atoms with Crippen molar-refractivity contribution in [3.63, 3.8) is 0 Å². The summed E-state index contributed by atoms with van der Waals surface area (Å²) in [6.45, 7) is 24.8. The van der Waals surface area contributed by atoms with Crippen LogP contribution >= 0.6 is 0 Å². The molecule has 2 unspecified atom stereocenters. The Labute approximate surface area is 181 Å². The Morgan fingerprint density at radius 2 is 1.50 bits per heavy atom. The summed E-state index contributed by atoms with van der Waals surface area (Å²) < 4.78 is 0. The molecular weight excluding hydrogens is 340 g/mol. The lowest BCUT2D eigenvalue weighted by Gasteiger charge is -2.22. The highest BCUT2D eigenvalue weighted by molar-refractivity contribution is 5.01. The van der Waals surface area contributed by atoms with Crippen LogP contribution in [0.15, 0.2) is 11.8 Å². The predicted octanol–water partition coefficient (Wildman–Crippen LogP) is 8.71. The van der Waals surface area contributed by atoms with Crippen LogP contribution < -0.4 is 11.1 Å². The predicted molar refractivity (Wildman–Crippen MR) is 135 cm³/mol. The third kappa shape index (κ3) is 27.7. The lowest BCUT2D eigenvalue weighted by atomic mass is 9.94. The normalized spacial score (nSPS) is 18.4. The summed E-state index contributed by atoms with van der Waals surface area (Å²) in [4.78, 5) is 0. The molecule has 2 heteroatoms. The molecule has 0 aromatic carbocycles. The van der Waals surface area contributed by atoms with Gasteiger partial charge in [-0.3, -0.25) is 0 Å². The van der Waals surface area contributed by atoms with Crippen molar-refractivity contribution < 1.29 is 0 Å². The molecule has 1 fully saturated rings. The van der Waals surface area contributed by atoms with Gasteiger partial charge in [0.05, 0.1) is 0 Å². The largest absolute Gasteiger partial charge is 0.405 e. The molecule has 2 atom stereocenters. The van der Waals surface area contributed by atoms with Crippen molar-refractivity contribution in [2.45, 2.75) is 140 Å². The van der Waals surface area contributed by atoms with E-state index in [1.165, 1.54) is 63.4 Å². The molecule has 0 amide bonds. The van der Waals surface area contributed by atoms with E-state index in [4.69, 9.17) is 5.73 Å². The number of rotatable bonds is 5. The molecule has 0 aromatic rings. The van der Waals surface area contributed by atoms with Crippen LogP contribution in [0.1, 0.15) is 134 Å². The van der Waals surface area contributed by atoms with Crippen LogP contribution in [0.3, 0.4) is 0 Å². The third-order valence-corrected chi connectivity index (χ3v) is 4.68. The van der Waals surface area contributed by atoms with E-state index in [1.54, 1.807) is 0 Å². The minimum Gasteiger partial charge on any atom is -0.405 e. The molecule has 1 heterocycles. The fourth-order valence-electron chi connectivity index (χ4n) is 2.76. The topological polar surface area (TPSA) is 38.0 Å². The van der Waals surface area contributed by atoms with Gasteiger partial charge in [0.15, 0.2) is 0 Å². The number of nitrogens with one attached hydrogen (secondary N) is 1. The van der Waals surface area contributed by atoms with Crippen molar-refractivity contribution in [1.29, 1.82) is 0 Å². The molecule has 1 aliphatic rings. The van der Waals surface area contributed by atoms with E-state index in [-0.39, 0.29) is 0 Å². The number of hydrogen-bond acceptors (Lipinski definition) is 2. The maximum Gasteiger partial charge on any atom is 0.00700 e. The van der Waals surface area contributed by atoms with E-state index in [9.17, 15) is 0 Å². The van der Waals surface area contributed by atoms with Crippen LogP contribution in [0.2, 0.25) is 0 Å². The zero-order valence-electron chi connectivity index (χ0n) is 22.0. The summed E-state index contributed by atoms with van der Waals surface area (Å²) in [5.74, 6) is 1.79. The SMILES string of the molecule is CC.CC.CCC.CCCC(C)C(C)C.CCCC1CC/C(=C/N)CCCN1. The first-order chi connectivity index (χ1) is 13.5. The van der Waals surface area contributed by atoms with Crippen LogP contribution in [-0.2, 0) is 0 Å². The summed E-state index contributed by atoms with van der Waals surface area (Å²) >= 11 is 0. The van der Waals surface area contributed by atoms with Crippen LogP contribution in [0.5, 0.6) is 0 Å². The molecule has 2 nitrogen and oxygen atoms in total. The van der Waals surface area contributed by atoms with Crippen molar-refractivity contribution in [2.24, 2.45) is 17.6 Å². The van der Waals surface area contributed by atoms with Crippen molar-refractivity contribution >= 4 is 0 Å². The van der Waals surface area contributed by atoms with Crippen LogP contribution in [-0.4, -0.2) is 12.6 Å². The maximum atomic E-state index is 5.56. The molecule has 174 valence electrons. The minimum absolute atomic E-state index is 0.722. The second kappa shape index (κ2) is 31.2. The molecule has 0 saturated carbocycles. The van der Waals surface area contributed by atoms with E-state index < -0.39 is 0 Å². The molecule has 28 heavy (non-hydrogen) atoms. The van der Waals surface area contributed by atoms with Crippen LogP contribution in [0, 0.1) is 11.8 Å². The van der Waals surface area contributed by atoms with Gasteiger partial charge in [0.1, 0.15) is 0 Å². The Balaban J connectivity index is -0.000000165. The molecule has 0 bridgehead atoms. The second-order valence-corrected chi connectivity index (χ2v) is 7.62. The number of nitrogens with two attached hydrogens (primary N) is 1. The van der Waals surface area contributed by atoms with E-state index in [2.05, 4.69) is 53.8 Å². The zero-order chi connectivity index (χ0) is 22.8. The quantitative estimate of drug-likeness (QED) is 0.484. The first kappa shape index (κ1) is 35.0. The highest BCUT2D eigenvalue weighted by atomic mass is 14.9. The summed E-state index contributed by atoms with van der Waals surface area (Å²) in [6, 6.07) is 0.722. The Morgan fingerprint density at radius 3 is 1.86 bits per heavy atom. The summed E-state index contributed by atoms with van der Waals surface area (Å²) in [7, 11) is 0. The lowest BCUT2D eigenvalue weighted by Crippen LogP contribution is -2.31. The smallest absolute Gasteiger partial charge is 0.00700 e. The Hall–Kier alpha value is -0.500. The Kier molecular flexibility index (Phi) is 39.0. The summed E-state index contributed by atoms with van der Waals surface area (Å²) in [6.07, 6.45) is 13.2. The molecule has 0 spiro atoms. The standard InChI is InChI=1S/C11H22N2.C8H18.C3H8.2C2H6/c1-2-4-11-7-6-10(9-12)5-3-8-13-11;1-5-6-8(4)7(2)3;1-3-2;2*1-2/h9,11,13H,2-8,12H2,1H3;7-8H,5-6H2,1-4H3;3H2,1-2H3;2*1-2H3/b10-9+;;;;. The van der Waals surface area contributed by atoms with Gasteiger partial charge in [0.2, 0.25) is 0 Å². The van der Waals surface area contributed by atoms with Crippen molar-refractivity contribution in [2.75, 3.05) is 6.54 Å². The van der Waals surface area contributed by atoms with E-state index in [0.717, 1.165) is 24.4 Å². The van der Waals surface area contributed by atoms with Gasteiger partial charge in [-0.1, -0.05) is 107 Å². The molecule has 0 radical (unpaired) electrons. The molecular formula is C26H60N2. The van der Waals surface area contributed by atoms with Gasteiger partial charge in [-0.2, -0.15) is 0 Å². The molecule has 3 N–H and O–H groups in total. The molecule has 0 aromatic heterocycles. The highest BCUT2D eigenvalue weighted by Gasteiger charge is 2.11. The summed E-state index contributed by atoms with van der Waals surface area (Å²) in [5, 5.41) is 3.60. The van der Waals surface area contributed by atoms with Gasteiger partial charge in [-0.25, -0.2) is 0 Å². The van der Waals surface area contributed by atoms with Gasteiger partial charge in [0, 0.05) is 6.04 Å². The zero-order valence-corrected chi connectivity index (χ0v) is 22.0. The average molecular weight is 401 g/mol. The Morgan fingerprint density at radius 1 is 0.964 bits per heavy atom. The fraction of sp³-hybridized carbons (Fsp3) is 0.923. The molecule has 1 aliphatic heterocycles. The van der Waals surface area contributed by atoms with Gasteiger partial charge in [-0.05, 0) is 56.7 Å². The van der Waals surface area contributed by atoms with Gasteiger partial charge < -0.3 is 11.1 Å².